The van der Waals surface area contributed by atoms with Gasteiger partial charge in [-0.25, -0.2) is 14.2 Å². The molecule has 2 amide bonds. The molecule has 1 unspecified atom stereocenters. The third-order valence-corrected chi connectivity index (χ3v) is 5.41. The first-order chi connectivity index (χ1) is 12.7. The van der Waals surface area contributed by atoms with Crippen molar-refractivity contribution < 1.29 is 9.18 Å². The molecule has 26 heavy (non-hydrogen) atoms. The number of anilines is 1. The lowest BCUT2D eigenvalue weighted by molar-refractivity contribution is 0.207. The lowest BCUT2D eigenvalue weighted by atomic mass is 10.2. The number of thiazole rings is 1. The Balaban J connectivity index is 1.51. The fourth-order valence-corrected chi connectivity index (χ4v) is 4.18. The molecule has 132 valence electrons. The van der Waals surface area contributed by atoms with Crippen LogP contribution in [0, 0.1) is 5.82 Å². The molecule has 2 heterocycles. The number of likely N-dealkylation sites (tertiary alicyclic amines) is 1. The normalized spacial score (nSPS) is 16.7. The number of nitrogens with zero attached hydrogens (tertiary/aromatic N) is 2. The van der Waals surface area contributed by atoms with Crippen LogP contribution in [0.25, 0.3) is 11.3 Å². The molecule has 2 aromatic carbocycles. The van der Waals surface area contributed by atoms with Crippen LogP contribution in [0.15, 0.2) is 60.0 Å². The van der Waals surface area contributed by atoms with E-state index >= 15 is 0 Å². The second kappa shape index (κ2) is 7.25. The zero-order chi connectivity index (χ0) is 17.9. The molecule has 0 radical (unpaired) electrons. The van der Waals surface area contributed by atoms with Crippen LogP contribution < -0.4 is 5.32 Å². The third kappa shape index (κ3) is 3.46. The van der Waals surface area contributed by atoms with Gasteiger partial charge in [0, 0.05) is 23.2 Å². The molecule has 1 aliphatic heterocycles. The first-order valence-corrected chi connectivity index (χ1v) is 9.43. The predicted molar refractivity (Wildman–Crippen MR) is 102 cm³/mol. The van der Waals surface area contributed by atoms with Crippen molar-refractivity contribution in [1.29, 1.82) is 0 Å². The Morgan fingerprint density at radius 2 is 2.04 bits per heavy atom. The number of halogens is 1. The number of hydrogen-bond donors (Lipinski definition) is 1. The molecule has 1 aromatic heterocycles. The standard InChI is InChI=1S/C20H18FN3OS/c21-15-8-4-9-16(12-15)22-20(25)24-11-5-10-18(24)19-23-17(13-26-19)14-6-2-1-3-7-14/h1-4,6-9,12-13,18H,5,10-11H2,(H,22,25). The summed E-state index contributed by atoms with van der Waals surface area (Å²) in [5.41, 5.74) is 2.47. The molecular formula is C20H18FN3OS. The summed E-state index contributed by atoms with van der Waals surface area (Å²) in [6.45, 7) is 0.673. The van der Waals surface area contributed by atoms with E-state index in [-0.39, 0.29) is 17.9 Å². The maximum absolute atomic E-state index is 13.3. The van der Waals surface area contributed by atoms with Crippen LogP contribution in [0.2, 0.25) is 0 Å². The minimum atomic E-state index is -0.367. The molecule has 1 N–H and O–H groups in total. The summed E-state index contributed by atoms with van der Waals surface area (Å²) >= 11 is 1.58. The van der Waals surface area contributed by atoms with Gasteiger partial charge < -0.3 is 10.2 Å². The smallest absolute Gasteiger partial charge is 0.315 e. The molecule has 0 spiro atoms. The van der Waals surface area contributed by atoms with Gasteiger partial charge in [0.25, 0.3) is 0 Å². The summed E-state index contributed by atoms with van der Waals surface area (Å²) in [6, 6.07) is 15.7. The van der Waals surface area contributed by atoms with Gasteiger partial charge in [0.05, 0.1) is 11.7 Å². The molecule has 1 atom stereocenters. The minimum absolute atomic E-state index is 0.0361. The summed E-state index contributed by atoms with van der Waals surface area (Å²) in [6.07, 6.45) is 1.82. The van der Waals surface area contributed by atoms with Gasteiger partial charge in [-0.1, -0.05) is 36.4 Å². The van der Waals surface area contributed by atoms with Gasteiger partial charge in [0.15, 0.2) is 0 Å². The highest BCUT2D eigenvalue weighted by atomic mass is 32.1. The number of amides is 2. The first kappa shape index (κ1) is 16.7. The van der Waals surface area contributed by atoms with E-state index in [0.717, 1.165) is 29.1 Å². The van der Waals surface area contributed by atoms with Crippen molar-refractivity contribution in [3.8, 4) is 11.3 Å². The Labute approximate surface area is 155 Å². The Bertz CT molecular complexity index is 912. The largest absolute Gasteiger partial charge is 0.322 e. The van der Waals surface area contributed by atoms with Crippen molar-refractivity contribution in [2.24, 2.45) is 0 Å². The summed E-state index contributed by atoms with van der Waals surface area (Å²) < 4.78 is 13.3. The second-order valence-electron chi connectivity index (χ2n) is 6.23. The van der Waals surface area contributed by atoms with Crippen LogP contribution in [0.1, 0.15) is 23.9 Å². The van der Waals surface area contributed by atoms with E-state index in [0.29, 0.717) is 12.2 Å². The molecule has 1 fully saturated rings. The lowest BCUT2D eigenvalue weighted by Gasteiger charge is -2.23. The number of carbonyl (C=O) groups is 1. The zero-order valence-electron chi connectivity index (χ0n) is 14.1. The molecule has 6 heteroatoms. The predicted octanol–water partition coefficient (Wildman–Crippen LogP) is 5.32. The van der Waals surface area contributed by atoms with Crippen molar-refractivity contribution in [2.75, 3.05) is 11.9 Å². The maximum Gasteiger partial charge on any atom is 0.322 e. The molecule has 1 aliphatic rings. The molecule has 1 saturated heterocycles. The topological polar surface area (TPSA) is 45.2 Å². The van der Waals surface area contributed by atoms with Crippen LogP contribution in [0.3, 0.4) is 0 Å². The van der Waals surface area contributed by atoms with Crippen molar-refractivity contribution >= 4 is 23.1 Å². The Kier molecular flexibility index (Phi) is 4.67. The van der Waals surface area contributed by atoms with Gasteiger partial charge >= 0.3 is 6.03 Å². The highest BCUT2D eigenvalue weighted by molar-refractivity contribution is 7.10. The number of rotatable bonds is 3. The monoisotopic (exact) mass is 367 g/mol. The third-order valence-electron chi connectivity index (χ3n) is 4.47. The van der Waals surface area contributed by atoms with E-state index in [4.69, 9.17) is 4.98 Å². The number of nitrogens with one attached hydrogen (secondary N) is 1. The van der Waals surface area contributed by atoms with Gasteiger partial charge in [0.2, 0.25) is 0 Å². The average Bonchev–Trinajstić information content (AvgIpc) is 3.32. The maximum atomic E-state index is 13.3. The molecule has 0 aliphatic carbocycles. The van der Waals surface area contributed by atoms with Gasteiger partial charge in [0.1, 0.15) is 10.8 Å². The van der Waals surface area contributed by atoms with E-state index in [9.17, 15) is 9.18 Å². The highest BCUT2D eigenvalue weighted by Crippen LogP contribution is 2.35. The van der Waals surface area contributed by atoms with E-state index in [1.165, 1.54) is 12.1 Å². The van der Waals surface area contributed by atoms with Crippen molar-refractivity contribution in [2.45, 2.75) is 18.9 Å². The summed E-state index contributed by atoms with van der Waals surface area (Å²) in [5.74, 6) is -0.367. The van der Waals surface area contributed by atoms with Gasteiger partial charge in [-0.3, -0.25) is 0 Å². The number of hydrogen-bond acceptors (Lipinski definition) is 3. The molecule has 0 saturated carbocycles. The Morgan fingerprint density at radius 1 is 1.19 bits per heavy atom. The molecule has 0 bridgehead atoms. The summed E-state index contributed by atoms with van der Waals surface area (Å²) in [5, 5.41) is 5.76. The molecular weight excluding hydrogens is 349 g/mol. The number of carbonyl (C=O) groups excluding carboxylic acids is 1. The first-order valence-electron chi connectivity index (χ1n) is 8.55. The number of aromatic nitrogens is 1. The van der Waals surface area contributed by atoms with E-state index in [1.54, 1.807) is 28.4 Å². The van der Waals surface area contributed by atoms with Crippen LogP contribution in [-0.4, -0.2) is 22.5 Å². The SMILES string of the molecule is O=C(Nc1cccc(F)c1)N1CCCC1c1nc(-c2ccccc2)cs1. The minimum Gasteiger partial charge on any atom is -0.315 e. The molecule has 4 nitrogen and oxygen atoms in total. The van der Waals surface area contributed by atoms with Crippen LogP contribution in [-0.2, 0) is 0 Å². The van der Waals surface area contributed by atoms with Gasteiger partial charge in [-0.05, 0) is 31.0 Å². The van der Waals surface area contributed by atoms with E-state index < -0.39 is 0 Å². The van der Waals surface area contributed by atoms with Gasteiger partial charge in [-0.2, -0.15) is 0 Å². The van der Waals surface area contributed by atoms with Gasteiger partial charge in [-0.15, -0.1) is 11.3 Å². The van der Waals surface area contributed by atoms with Crippen molar-refractivity contribution in [1.82, 2.24) is 9.88 Å². The van der Waals surface area contributed by atoms with E-state index in [2.05, 4.69) is 5.32 Å². The van der Waals surface area contributed by atoms with Crippen molar-refractivity contribution in [3.63, 3.8) is 0 Å². The van der Waals surface area contributed by atoms with Crippen molar-refractivity contribution in [3.05, 3.63) is 70.8 Å². The second-order valence-corrected chi connectivity index (χ2v) is 7.12. The highest BCUT2D eigenvalue weighted by Gasteiger charge is 2.32. The summed E-state index contributed by atoms with van der Waals surface area (Å²) in [4.78, 5) is 19.2. The molecule has 4 rings (SSSR count). The van der Waals surface area contributed by atoms with Crippen LogP contribution in [0.5, 0.6) is 0 Å². The average molecular weight is 367 g/mol. The van der Waals surface area contributed by atoms with Crippen LogP contribution in [0.4, 0.5) is 14.9 Å². The summed E-state index contributed by atoms with van der Waals surface area (Å²) in [7, 11) is 0. The fourth-order valence-electron chi connectivity index (χ4n) is 3.21. The number of benzene rings is 2. The quantitative estimate of drug-likeness (QED) is 0.681. The molecule has 3 aromatic rings. The van der Waals surface area contributed by atoms with E-state index in [1.807, 2.05) is 35.7 Å². The fraction of sp³-hybridized carbons (Fsp3) is 0.200. The Hall–Kier alpha value is -2.73. The zero-order valence-corrected chi connectivity index (χ0v) is 14.9. The Morgan fingerprint density at radius 3 is 2.85 bits per heavy atom. The van der Waals surface area contributed by atoms with Crippen LogP contribution >= 0.6 is 11.3 Å². The number of urea groups is 1. The lowest BCUT2D eigenvalue weighted by Crippen LogP contribution is -2.34.